The third-order valence-corrected chi connectivity index (χ3v) is 2.61. The lowest BCUT2D eigenvalue weighted by molar-refractivity contribution is -0.105. The largest absolute Gasteiger partial charge is 0.366 e. The first-order valence-corrected chi connectivity index (χ1v) is 3.79. The van der Waals surface area contributed by atoms with Crippen molar-refractivity contribution in [2.45, 2.75) is 31.5 Å². The summed E-state index contributed by atoms with van der Waals surface area (Å²) in [6, 6.07) is 0. The molecular formula is C7H10O3. The van der Waals surface area contributed by atoms with Gasteiger partial charge in [-0.3, -0.25) is 0 Å². The SMILES string of the molecule is C[C@@H]1[C@@H]2OCC(O2)[C@@H]2O[C@H]12. The lowest BCUT2D eigenvalue weighted by Gasteiger charge is -2.19. The maximum atomic E-state index is 5.52. The van der Waals surface area contributed by atoms with Crippen LogP contribution in [-0.4, -0.2) is 31.2 Å². The average molecular weight is 142 g/mol. The minimum atomic E-state index is 0.0220. The molecule has 5 atom stereocenters. The van der Waals surface area contributed by atoms with Crippen LogP contribution in [0.25, 0.3) is 0 Å². The van der Waals surface area contributed by atoms with E-state index in [-0.39, 0.29) is 12.4 Å². The minimum absolute atomic E-state index is 0.0220. The van der Waals surface area contributed by atoms with Gasteiger partial charge in [0.15, 0.2) is 6.29 Å². The van der Waals surface area contributed by atoms with Crippen LogP contribution in [0.3, 0.4) is 0 Å². The van der Waals surface area contributed by atoms with Gasteiger partial charge >= 0.3 is 0 Å². The summed E-state index contributed by atoms with van der Waals surface area (Å²) in [6.45, 7) is 2.85. The second-order valence-corrected chi connectivity index (χ2v) is 3.30. The molecule has 3 saturated heterocycles. The zero-order valence-electron chi connectivity index (χ0n) is 5.82. The first-order chi connectivity index (χ1) is 4.86. The number of epoxide rings is 1. The fraction of sp³-hybridized carbons (Fsp3) is 1.00. The summed E-state index contributed by atoms with van der Waals surface area (Å²) in [4.78, 5) is 0. The molecule has 3 heteroatoms. The van der Waals surface area contributed by atoms with Gasteiger partial charge in [-0.1, -0.05) is 6.92 Å². The molecule has 1 unspecified atom stereocenters. The molecule has 0 aromatic carbocycles. The van der Waals surface area contributed by atoms with Crippen molar-refractivity contribution in [1.82, 2.24) is 0 Å². The summed E-state index contributed by atoms with van der Waals surface area (Å²) in [5.41, 5.74) is 0. The van der Waals surface area contributed by atoms with E-state index in [1.165, 1.54) is 0 Å². The minimum Gasteiger partial charge on any atom is -0.366 e. The Morgan fingerprint density at radius 2 is 2.10 bits per heavy atom. The van der Waals surface area contributed by atoms with Crippen LogP contribution < -0.4 is 0 Å². The quantitative estimate of drug-likeness (QED) is 0.451. The summed E-state index contributed by atoms with van der Waals surface area (Å²) in [5, 5.41) is 0. The predicted octanol–water partition coefficient (Wildman–Crippen LogP) is 0.145. The molecule has 0 N–H and O–H groups in total. The smallest absolute Gasteiger partial charge is 0.163 e. The normalized spacial score (nSPS) is 63.9. The third-order valence-electron chi connectivity index (χ3n) is 2.61. The highest BCUT2D eigenvalue weighted by molar-refractivity contribution is 5.02. The molecular weight excluding hydrogens is 132 g/mol. The van der Waals surface area contributed by atoms with Crippen LogP contribution in [0.2, 0.25) is 0 Å². The zero-order valence-corrected chi connectivity index (χ0v) is 5.82. The van der Waals surface area contributed by atoms with E-state index in [2.05, 4.69) is 6.92 Å². The van der Waals surface area contributed by atoms with Crippen LogP contribution in [0, 0.1) is 5.92 Å². The van der Waals surface area contributed by atoms with Gasteiger partial charge in [-0.15, -0.1) is 0 Å². The molecule has 0 aromatic rings. The highest BCUT2D eigenvalue weighted by Crippen LogP contribution is 2.44. The molecule has 0 amide bonds. The van der Waals surface area contributed by atoms with Crippen molar-refractivity contribution in [2.24, 2.45) is 5.92 Å². The van der Waals surface area contributed by atoms with Gasteiger partial charge in [-0.05, 0) is 0 Å². The predicted molar refractivity (Wildman–Crippen MR) is 32.4 cm³/mol. The number of hydrogen-bond donors (Lipinski definition) is 0. The Morgan fingerprint density at radius 3 is 3.00 bits per heavy atom. The molecule has 10 heavy (non-hydrogen) atoms. The molecule has 2 bridgehead atoms. The van der Waals surface area contributed by atoms with E-state index in [0.717, 1.165) is 6.61 Å². The molecule has 0 saturated carbocycles. The molecule has 0 aromatic heterocycles. The molecule has 3 heterocycles. The van der Waals surface area contributed by atoms with Gasteiger partial charge in [0.2, 0.25) is 0 Å². The summed E-state index contributed by atoms with van der Waals surface area (Å²) in [7, 11) is 0. The summed E-state index contributed by atoms with van der Waals surface area (Å²) < 4.78 is 16.3. The van der Waals surface area contributed by atoms with E-state index < -0.39 is 0 Å². The summed E-state index contributed by atoms with van der Waals surface area (Å²) in [5.74, 6) is 0.434. The van der Waals surface area contributed by atoms with Crippen LogP contribution in [-0.2, 0) is 14.2 Å². The van der Waals surface area contributed by atoms with Crippen molar-refractivity contribution < 1.29 is 14.2 Å². The monoisotopic (exact) mass is 142 g/mol. The lowest BCUT2D eigenvalue weighted by atomic mass is 10.0. The van der Waals surface area contributed by atoms with Crippen LogP contribution in [0.15, 0.2) is 0 Å². The molecule has 0 radical (unpaired) electrons. The van der Waals surface area contributed by atoms with Gasteiger partial charge in [-0.25, -0.2) is 0 Å². The number of ether oxygens (including phenoxy) is 3. The van der Waals surface area contributed by atoms with Crippen molar-refractivity contribution in [3.63, 3.8) is 0 Å². The second kappa shape index (κ2) is 1.55. The number of hydrogen-bond acceptors (Lipinski definition) is 3. The second-order valence-electron chi connectivity index (χ2n) is 3.30. The van der Waals surface area contributed by atoms with Crippen LogP contribution in [0.4, 0.5) is 0 Å². The molecule has 0 spiro atoms. The van der Waals surface area contributed by atoms with E-state index >= 15 is 0 Å². The molecule has 3 nitrogen and oxygen atoms in total. The fourth-order valence-corrected chi connectivity index (χ4v) is 1.90. The molecule has 0 aliphatic carbocycles. The van der Waals surface area contributed by atoms with Crippen molar-refractivity contribution in [3.05, 3.63) is 0 Å². The third kappa shape index (κ3) is 0.516. The number of rotatable bonds is 0. The highest BCUT2D eigenvalue weighted by atomic mass is 16.8. The van der Waals surface area contributed by atoms with Crippen molar-refractivity contribution in [1.29, 1.82) is 0 Å². The van der Waals surface area contributed by atoms with Gasteiger partial charge in [0.05, 0.1) is 12.7 Å². The highest BCUT2D eigenvalue weighted by Gasteiger charge is 2.59. The fourth-order valence-electron chi connectivity index (χ4n) is 1.90. The Bertz CT molecular complexity index is 168. The van der Waals surface area contributed by atoms with E-state index in [4.69, 9.17) is 14.2 Å². The first kappa shape index (κ1) is 5.52. The summed E-state index contributed by atoms with van der Waals surface area (Å²) in [6.07, 6.45) is 1.06. The maximum absolute atomic E-state index is 5.52. The average Bonchev–Trinajstić information content (AvgIpc) is 2.61. The number of fused-ring (bicyclic) bond motifs is 4. The lowest BCUT2D eigenvalue weighted by Crippen LogP contribution is -2.33. The van der Waals surface area contributed by atoms with E-state index in [1.54, 1.807) is 0 Å². The zero-order chi connectivity index (χ0) is 6.72. The van der Waals surface area contributed by atoms with Gasteiger partial charge in [0.25, 0.3) is 0 Å². The van der Waals surface area contributed by atoms with Gasteiger partial charge in [0.1, 0.15) is 12.2 Å². The molecule has 3 aliphatic heterocycles. The van der Waals surface area contributed by atoms with E-state index in [9.17, 15) is 0 Å². The van der Waals surface area contributed by atoms with Gasteiger partial charge < -0.3 is 14.2 Å². The Balaban J connectivity index is 1.91. The van der Waals surface area contributed by atoms with Crippen LogP contribution in [0.5, 0.6) is 0 Å². The Morgan fingerprint density at radius 1 is 1.20 bits per heavy atom. The molecule has 3 fully saturated rings. The Hall–Kier alpha value is -0.120. The van der Waals surface area contributed by atoms with Crippen molar-refractivity contribution >= 4 is 0 Å². The van der Waals surface area contributed by atoms with E-state index in [1.807, 2.05) is 0 Å². The van der Waals surface area contributed by atoms with Crippen molar-refractivity contribution in [3.8, 4) is 0 Å². The van der Waals surface area contributed by atoms with Gasteiger partial charge in [-0.2, -0.15) is 0 Å². The Kier molecular flexibility index (Phi) is 0.854. The maximum Gasteiger partial charge on any atom is 0.163 e. The van der Waals surface area contributed by atoms with E-state index in [0.29, 0.717) is 18.1 Å². The molecule has 3 aliphatic rings. The molecule has 56 valence electrons. The standard InChI is InChI=1S/C7H10O3/c1-3-5-6(10-5)4-2-8-7(3)9-4/h3-7H,2H2,1H3/t3-,4?,5+,6-,7+/m0/s1. The topological polar surface area (TPSA) is 31.0 Å². The van der Waals surface area contributed by atoms with Crippen LogP contribution >= 0.6 is 0 Å². The first-order valence-electron chi connectivity index (χ1n) is 3.79. The Labute approximate surface area is 59.3 Å². The molecule has 3 rings (SSSR count). The van der Waals surface area contributed by atoms with Gasteiger partial charge in [0, 0.05) is 5.92 Å². The van der Waals surface area contributed by atoms with Crippen molar-refractivity contribution in [2.75, 3.05) is 6.61 Å². The van der Waals surface area contributed by atoms with Crippen LogP contribution in [0.1, 0.15) is 6.92 Å². The summed E-state index contributed by atoms with van der Waals surface area (Å²) >= 11 is 0.